The molecule has 0 spiro atoms. The fraction of sp³-hybridized carbons (Fsp3) is 0.562. The number of amides is 1. The summed E-state index contributed by atoms with van der Waals surface area (Å²) < 4.78 is 37.9. The summed E-state index contributed by atoms with van der Waals surface area (Å²) in [6.07, 6.45) is -0.676. The van der Waals surface area contributed by atoms with E-state index < -0.39 is 24.7 Å². The molecular weight excluding hydrogens is 292 g/mol. The minimum absolute atomic E-state index is 0.00890. The minimum atomic E-state index is -2.97. The number of carbonyl (C=O) groups excluding carboxylic acids is 1. The SMILES string of the molecule is CC(C)(C)NC(=O)OCCC1OCC(F)(F)c2ccccc21. The van der Waals surface area contributed by atoms with E-state index >= 15 is 0 Å². The second kappa shape index (κ2) is 6.20. The molecule has 2 rings (SSSR count). The van der Waals surface area contributed by atoms with Gasteiger partial charge < -0.3 is 14.8 Å². The second-order valence-electron chi connectivity index (χ2n) is 6.39. The van der Waals surface area contributed by atoms with Gasteiger partial charge in [-0.25, -0.2) is 4.79 Å². The van der Waals surface area contributed by atoms with Crippen molar-refractivity contribution in [3.05, 3.63) is 35.4 Å². The van der Waals surface area contributed by atoms with Crippen LogP contribution in [0.4, 0.5) is 13.6 Å². The third kappa shape index (κ3) is 4.16. The molecule has 1 aliphatic rings. The van der Waals surface area contributed by atoms with E-state index in [1.807, 2.05) is 20.8 Å². The zero-order chi connectivity index (χ0) is 16.4. The number of benzene rings is 1. The molecule has 1 aromatic carbocycles. The minimum Gasteiger partial charge on any atom is -0.449 e. The number of rotatable bonds is 3. The van der Waals surface area contributed by atoms with Gasteiger partial charge in [-0.1, -0.05) is 24.3 Å². The normalized spacial score (nSPS) is 20.1. The number of halogens is 2. The lowest BCUT2D eigenvalue weighted by molar-refractivity contribution is -0.128. The predicted octanol–water partition coefficient (Wildman–Crippen LogP) is 3.76. The predicted molar refractivity (Wildman–Crippen MR) is 77.9 cm³/mol. The molecule has 1 N–H and O–H groups in total. The highest BCUT2D eigenvalue weighted by molar-refractivity contribution is 5.68. The number of alkyl halides is 2. The molecule has 0 aromatic heterocycles. The van der Waals surface area contributed by atoms with Gasteiger partial charge >= 0.3 is 6.09 Å². The first-order chi connectivity index (χ1) is 10.2. The molecule has 0 radical (unpaired) electrons. The monoisotopic (exact) mass is 313 g/mol. The van der Waals surface area contributed by atoms with E-state index in [0.29, 0.717) is 12.0 Å². The molecule has 1 aromatic rings. The molecule has 1 unspecified atom stereocenters. The van der Waals surface area contributed by atoms with E-state index in [-0.39, 0.29) is 17.7 Å². The van der Waals surface area contributed by atoms with Gasteiger partial charge in [-0.2, -0.15) is 8.78 Å². The molecule has 0 fully saturated rings. The van der Waals surface area contributed by atoms with Gasteiger partial charge in [0.1, 0.15) is 6.61 Å². The summed E-state index contributed by atoms with van der Waals surface area (Å²) in [5.74, 6) is -2.97. The highest BCUT2D eigenvalue weighted by atomic mass is 19.3. The Kier molecular flexibility index (Phi) is 4.70. The Hall–Kier alpha value is -1.69. The Morgan fingerprint density at radius 2 is 2.09 bits per heavy atom. The lowest BCUT2D eigenvalue weighted by Crippen LogP contribution is -2.41. The molecule has 22 heavy (non-hydrogen) atoms. The number of nitrogens with one attached hydrogen (secondary N) is 1. The maximum absolute atomic E-state index is 13.8. The number of hydrogen-bond acceptors (Lipinski definition) is 3. The Morgan fingerprint density at radius 1 is 1.41 bits per heavy atom. The van der Waals surface area contributed by atoms with Crippen LogP contribution in [0.5, 0.6) is 0 Å². The van der Waals surface area contributed by atoms with E-state index in [1.165, 1.54) is 6.07 Å². The number of ether oxygens (including phenoxy) is 2. The van der Waals surface area contributed by atoms with Gasteiger partial charge in [0.05, 0.1) is 12.7 Å². The zero-order valence-electron chi connectivity index (χ0n) is 13.0. The summed E-state index contributed by atoms with van der Waals surface area (Å²) in [6.45, 7) is 4.99. The zero-order valence-corrected chi connectivity index (χ0v) is 13.0. The lowest BCUT2D eigenvalue weighted by atomic mass is 9.94. The highest BCUT2D eigenvalue weighted by Crippen LogP contribution is 2.41. The van der Waals surface area contributed by atoms with Gasteiger partial charge in [-0.05, 0) is 26.3 Å². The molecule has 1 atom stereocenters. The number of carbonyl (C=O) groups is 1. The molecule has 0 saturated heterocycles. The van der Waals surface area contributed by atoms with Crippen molar-refractivity contribution in [3.8, 4) is 0 Å². The summed E-state index contributed by atoms with van der Waals surface area (Å²) in [4.78, 5) is 11.6. The molecular formula is C16H21F2NO3. The van der Waals surface area contributed by atoms with E-state index in [1.54, 1.807) is 18.2 Å². The fourth-order valence-electron chi connectivity index (χ4n) is 2.32. The van der Waals surface area contributed by atoms with E-state index in [4.69, 9.17) is 9.47 Å². The van der Waals surface area contributed by atoms with Crippen LogP contribution in [0, 0.1) is 0 Å². The molecule has 1 aliphatic heterocycles. The van der Waals surface area contributed by atoms with Gasteiger partial charge in [-0.3, -0.25) is 0 Å². The fourth-order valence-corrected chi connectivity index (χ4v) is 2.32. The summed E-state index contributed by atoms with van der Waals surface area (Å²) in [5.41, 5.74) is 0.0663. The topological polar surface area (TPSA) is 47.6 Å². The van der Waals surface area contributed by atoms with Crippen molar-refractivity contribution in [2.75, 3.05) is 13.2 Å². The van der Waals surface area contributed by atoms with Crippen molar-refractivity contribution < 1.29 is 23.0 Å². The maximum Gasteiger partial charge on any atom is 0.407 e. The first-order valence-corrected chi connectivity index (χ1v) is 7.23. The Bertz CT molecular complexity index is 540. The number of alkyl carbamates (subject to hydrolysis) is 1. The summed E-state index contributed by atoms with van der Waals surface area (Å²) in [6, 6.07) is 6.33. The van der Waals surface area contributed by atoms with Gasteiger partial charge in [0.25, 0.3) is 5.92 Å². The second-order valence-corrected chi connectivity index (χ2v) is 6.39. The molecule has 6 heteroatoms. The third-order valence-corrected chi connectivity index (χ3v) is 3.26. The molecule has 122 valence electrons. The standard InChI is InChI=1S/C16H21F2NO3/c1-15(2,3)19-14(20)21-9-8-13-11-6-4-5-7-12(11)16(17,18)10-22-13/h4-7,13H,8-10H2,1-3H3,(H,19,20). The van der Waals surface area contributed by atoms with E-state index in [2.05, 4.69) is 5.32 Å². The van der Waals surface area contributed by atoms with Crippen LogP contribution in [0.1, 0.15) is 44.4 Å². The lowest BCUT2D eigenvalue weighted by Gasteiger charge is -2.31. The van der Waals surface area contributed by atoms with Crippen molar-refractivity contribution >= 4 is 6.09 Å². The molecule has 0 saturated carbocycles. The molecule has 0 aliphatic carbocycles. The van der Waals surface area contributed by atoms with Crippen molar-refractivity contribution in [3.63, 3.8) is 0 Å². The van der Waals surface area contributed by atoms with Gasteiger partial charge in [0.15, 0.2) is 0 Å². The Morgan fingerprint density at radius 3 is 2.77 bits per heavy atom. The van der Waals surface area contributed by atoms with Crippen LogP contribution in [-0.4, -0.2) is 24.8 Å². The quantitative estimate of drug-likeness (QED) is 0.924. The van der Waals surface area contributed by atoms with Crippen molar-refractivity contribution in [2.45, 2.75) is 44.8 Å². The molecule has 4 nitrogen and oxygen atoms in total. The summed E-state index contributed by atoms with van der Waals surface area (Å²) >= 11 is 0. The van der Waals surface area contributed by atoms with Gasteiger partial charge in [-0.15, -0.1) is 0 Å². The van der Waals surface area contributed by atoms with Gasteiger partial charge in [0.2, 0.25) is 0 Å². The largest absolute Gasteiger partial charge is 0.449 e. The van der Waals surface area contributed by atoms with Crippen molar-refractivity contribution in [1.82, 2.24) is 5.32 Å². The van der Waals surface area contributed by atoms with Crippen molar-refractivity contribution in [2.24, 2.45) is 0 Å². The Balaban J connectivity index is 1.93. The van der Waals surface area contributed by atoms with E-state index in [9.17, 15) is 13.6 Å². The van der Waals surface area contributed by atoms with Gasteiger partial charge in [0, 0.05) is 17.5 Å². The van der Waals surface area contributed by atoms with Crippen LogP contribution in [0.15, 0.2) is 24.3 Å². The number of hydrogen-bond donors (Lipinski definition) is 1. The van der Waals surface area contributed by atoms with Crippen LogP contribution >= 0.6 is 0 Å². The molecule has 1 amide bonds. The van der Waals surface area contributed by atoms with Crippen LogP contribution in [0.25, 0.3) is 0 Å². The first-order valence-electron chi connectivity index (χ1n) is 7.23. The number of fused-ring (bicyclic) bond motifs is 1. The molecule has 0 bridgehead atoms. The maximum atomic E-state index is 13.8. The first kappa shape index (κ1) is 16.7. The van der Waals surface area contributed by atoms with Crippen molar-refractivity contribution in [1.29, 1.82) is 0 Å². The van der Waals surface area contributed by atoms with Crippen LogP contribution in [-0.2, 0) is 15.4 Å². The molecule has 1 heterocycles. The average molecular weight is 313 g/mol. The van der Waals surface area contributed by atoms with Crippen LogP contribution in [0.3, 0.4) is 0 Å². The van der Waals surface area contributed by atoms with Crippen LogP contribution in [0.2, 0.25) is 0 Å². The smallest absolute Gasteiger partial charge is 0.407 e. The summed E-state index contributed by atoms with van der Waals surface area (Å²) in [5, 5.41) is 2.67. The highest BCUT2D eigenvalue weighted by Gasteiger charge is 2.40. The summed E-state index contributed by atoms with van der Waals surface area (Å²) in [7, 11) is 0. The Labute approximate surface area is 128 Å². The van der Waals surface area contributed by atoms with Crippen LogP contribution < -0.4 is 5.32 Å². The average Bonchev–Trinajstić information content (AvgIpc) is 2.40. The van der Waals surface area contributed by atoms with E-state index in [0.717, 1.165) is 0 Å². The third-order valence-electron chi connectivity index (χ3n) is 3.26.